The Hall–Kier alpha value is -1.70. The van der Waals surface area contributed by atoms with E-state index in [1.165, 1.54) is 24.1 Å². The van der Waals surface area contributed by atoms with Crippen molar-refractivity contribution < 1.29 is 24.1 Å². The van der Waals surface area contributed by atoms with Gasteiger partial charge in [0, 0.05) is 38.3 Å². The van der Waals surface area contributed by atoms with Crippen molar-refractivity contribution in [1.82, 2.24) is 9.80 Å². The number of piperidine rings is 2. The van der Waals surface area contributed by atoms with E-state index in [2.05, 4.69) is 0 Å². The first kappa shape index (κ1) is 19.1. The number of hydrogen-bond donors (Lipinski definition) is 2. The Morgan fingerprint density at radius 3 is 2.73 bits per heavy atom. The second kappa shape index (κ2) is 7.90. The van der Waals surface area contributed by atoms with E-state index in [-0.39, 0.29) is 25.1 Å². The highest BCUT2D eigenvalue weighted by Crippen LogP contribution is 2.27. The van der Waals surface area contributed by atoms with Gasteiger partial charge in [0.2, 0.25) is 0 Å². The van der Waals surface area contributed by atoms with Crippen LogP contribution in [-0.4, -0.2) is 70.9 Å². The second-order valence-corrected chi connectivity index (χ2v) is 7.33. The number of carbonyl (C=O) groups excluding carboxylic acids is 1. The largest absolute Gasteiger partial charge is 0.497 e. The zero-order chi connectivity index (χ0) is 18.7. The third-order valence-corrected chi connectivity index (χ3v) is 5.36. The second-order valence-electron chi connectivity index (χ2n) is 7.33. The summed E-state index contributed by atoms with van der Waals surface area (Å²) in [7, 11) is 1.51. The van der Waals surface area contributed by atoms with Crippen LogP contribution in [0, 0.1) is 5.82 Å². The van der Waals surface area contributed by atoms with Crippen LogP contribution < -0.4 is 4.74 Å². The number of aliphatic hydroxyl groups excluding tert-OH is 1. The van der Waals surface area contributed by atoms with Gasteiger partial charge in [0.1, 0.15) is 11.6 Å². The molecule has 3 rings (SSSR count). The predicted molar refractivity (Wildman–Crippen MR) is 94.2 cm³/mol. The molecule has 0 aliphatic carbocycles. The van der Waals surface area contributed by atoms with E-state index < -0.39 is 11.4 Å². The average molecular weight is 366 g/mol. The van der Waals surface area contributed by atoms with Crippen LogP contribution in [0.3, 0.4) is 0 Å². The fourth-order valence-electron chi connectivity index (χ4n) is 3.81. The molecule has 144 valence electrons. The molecule has 2 N–H and O–H groups in total. The van der Waals surface area contributed by atoms with Crippen molar-refractivity contribution in [3.05, 3.63) is 29.6 Å². The van der Waals surface area contributed by atoms with Crippen LogP contribution >= 0.6 is 0 Å². The molecule has 2 aliphatic heterocycles. The van der Waals surface area contributed by atoms with Crippen LogP contribution in [0.1, 0.15) is 31.2 Å². The van der Waals surface area contributed by atoms with Gasteiger partial charge in [-0.15, -0.1) is 0 Å². The molecule has 2 saturated heterocycles. The summed E-state index contributed by atoms with van der Waals surface area (Å²) in [6.45, 7) is 2.21. The minimum Gasteiger partial charge on any atom is -0.497 e. The van der Waals surface area contributed by atoms with Crippen molar-refractivity contribution in [3.8, 4) is 5.75 Å². The lowest BCUT2D eigenvalue weighted by molar-refractivity contribution is -0.160. The molecule has 1 aromatic carbocycles. The zero-order valence-electron chi connectivity index (χ0n) is 15.2. The molecule has 26 heavy (non-hydrogen) atoms. The molecule has 0 saturated carbocycles. The summed E-state index contributed by atoms with van der Waals surface area (Å²) >= 11 is 0. The van der Waals surface area contributed by atoms with Gasteiger partial charge < -0.3 is 19.8 Å². The molecule has 2 fully saturated rings. The third-order valence-electron chi connectivity index (χ3n) is 5.36. The number of nitrogens with zero attached hydrogens (tertiary/aromatic N) is 2. The average Bonchev–Trinajstić information content (AvgIpc) is 2.63. The molecule has 0 radical (unpaired) electrons. The summed E-state index contributed by atoms with van der Waals surface area (Å²) in [5.41, 5.74) is -1.07. The number of hydrogen-bond acceptors (Lipinski definition) is 5. The smallest absolute Gasteiger partial charge is 0.256 e. The summed E-state index contributed by atoms with van der Waals surface area (Å²) in [4.78, 5) is 16.5. The van der Waals surface area contributed by atoms with Crippen molar-refractivity contribution in [2.45, 2.75) is 43.9 Å². The normalized spacial score (nSPS) is 25.5. The fourth-order valence-corrected chi connectivity index (χ4v) is 3.81. The first-order chi connectivity index (χ1) is 12.4. The molecular formula is C19H27FN2O4. The van der Waals surface area contributed by atoms with Gasteiger partial charge in [0.25, 0.3) is 5.91 Å². The molecule has 2 heterocycles. The SMILES string of the molecule is COc1ccc(F)c(CN2CCCC(O)(CN3CCC(O)CC3)C2=O)c1. The van der Waals surface area contributed by atoms with Gasteiger partial charge in [-0.2, -0.15) is 0 Å². The van der Waals surface area contributed by atoms with Crippen molar-refractivity contribution in [3.63, 3.8) is 0 Å². The highest BCUT2D eigenvalue weighted by atomic mass is 19.1. The molecular weight excluding hydrogens is 339 g/mol. The number of methoxy groups -OCH3 is 1. The first-order valence-electron chi connectivity index (χ1n) is 9.16. The van der Waals surface area contributed by atoms with Gasteiger partial charge in [0.05, 0.1) is 13.2 Å². The lowest BCUT2D eigenvalue weighted by Gasteiger charge is -2.42. The van der Waals surface area contributed by atoms with Crippen LogP contribution in [0.5, 0.6) is 5.75 Å². The number of carbonyl (C=O) groups is 1. The van der Waals surface area contributed by atoms with Crippen molar-refractivity contribution in [1.29, 1.82) is 0 Å². The van der Waals surface area contributed by atoms with Gasteiger partial charge in [0.15, 0.2) is 5.60 Å². The summed E-state index contributed by atoms with van der Waals surface area (Å²) < 4.78 is 19.2. The molecule has 0 spiro atoms. The Labute approximate surface area is 153 Å². The minimum atomic E-state index is -1.45. The van der Waals surface area contributed by atoms with Crippen LogP contribution in [0.25, 0.3) is 0 Å². The molecule has 0 aromatic heterocycles. The van der Waals surface area contributed by atoms with Crippen molar-refractivity contribution in [2.75, 3.05) is 33.3 Å². The molecule has 2 aliphatic rings. The zero-order valence-corrected chi connectivity index (χ0v) is 15.2. The molecule has 7 heteroatoms. The number of β-amino-alcohol motifs (C(OH)–C–C–N with tert-alkyl or cyclic N) is 1. The van der Waals surface area contributed by atoms with Crippen molar-refractivity contribution >= 4 is 5.91 Å². The highest BCUT2D eigenvalue weighted by molar-refractivity contribution is 5.86. The fraction of sp³-hybridized carbons (Fsp3) is 0.632. The summed E-state index contributed by atoms with van der Waals surface area (Å²) in [6.07, 6.45) is 2.09. The van der Waals surface area contributed by atoms with E-state index in [1.807, 2.05) is 4.90 Å². The van der Waals surface area contributed by atoms with Crippen LogP contribution in [0.15, 0.2) is 18.2 Å². The lowest BCUT2D eigenvalue weighted by Crippen LogP contribution is -2.59. The number of likely N-dealkylation sites (tertiary alicyclic amines) is 2. The van der Waals surface area contributed by atoms with Crippen LogP contribution in [0.2, 0.25) is 0 Å². The van der Waals surface area contributed by atoms with E-state index in [4.69, 9.17) is 4.74 Å². The highest BCUT2D eigenvalue weighted by Gasteiger charge is 2.43. The molecule has 1 atom stereocenters. The molecule has 1 unspecified atom stereocenters. The molecule has 0 bridgehead atoms. The maximum atomic E-state index is 14.1. The standard InChI is InChI=1S/C19H27FN2O4/c1-26-16-3-4-17(20)14(11-16)12-22-8-2-7-19(25,18(22)24)13-21-9-5-15(23)6-10-21/h3-4,11,15,23,25H,2,5-10,12-13H2,1H3. The van der Waals surface area contributed by atoms with E-state index in [1.54, 1.807) is 6.07 Å². The summed E-state index contributed by atoms with van der Waals surface area (Å²) in [5, 5.41) is 20.6. The maximum absolute atomic E-state index is 14.1. The quantitative estimate of drug-likeness (QED) is 0.818. The maximum Gasteiger partial charge on any atom is 0.256 e. The minimum absolute atomic E-state index is 0.114. The number of benzene rings is 1. The number of amides is 1. The van der Waals surface area contributed by atoms with Gasteiger partial charge in [-0.1, -0.05) is 0 Å². The molecule has 1 aromatic rings. The van der Waals surface area contributed by atoms with Gasteiger partial charge in [-0.05, 0) is 43.9 Å². The third kappa shape index (κ3) is 4.16. The Balaban J connectivity index is 1.69. The Bertz CT molecular complexity index is 648. The molecule has 6 nitrogen and oxygen atoms in total. The topological polar surface area (TPSA) is 73.2 Å². The van der Waals surface area contributed by atoms with E-state index in [0.29, 0.717) is 56.6 Å². The van der Waals surface area contributed by atoms with Gasteiger partial charge in [-0.25, -0.2) is 4.39 Å². The number of ether oxygens (including phenoxy) is 1. The van der Waals surface area contributed by atoms with Crippen LogP contribution in [0.4, 0.5) is 4.39 Å². The van der Waals surface area contributed by atoms with Gasteiger partial charge >= 0.3 is 0 Å². The first-order valence-corrected chi connectivity index (χ1v) is 9.16. The molecule has 1 amide bonds. The number of aliphatic hydroxyl groups is 2. The number of rotatable bonds is 5. The van der Waals surface area contributed by atoms with E-state index >= 15 is 0 Å². The van der Waals surface area contributed by atoms with E-state index in [9.17, 15) is 19.4 Å². The van der Waals surface area contributed by atoms with E-state index in [0.717, 1.165) is 0 Å². The Morgan fingerprint density at radius 2 is 2.04 bits per heavy atom. The number of halogens is 1. The lowest BCUT2D eigenvalue weighted by atomic mass is 9.90. The summed E-state index contributed by atoms with van der Waals surface area (Å²) in [5.74, 6) is -0.206. The summed E-state index contributed by atoms with van der Waals surface area (Å²) in [6, 6.07) is 4.45. The van der Waals surface area contributed by atoms with Crippen molar-refractivity contribution in [2.24, 2.45) is 0 Å². The predicted octanol–water partition coefficient (Wildman–Crippen LogP) is 1.14. The monoisotopic (exact) mass is 366 g/mol. The van der Waals surface area contributed by atoms with Crippen LogP contribution in [-0.2, 0) is 11.3 Å². The Kier molecular flexibility index (Phi) is 5.79. The van der Waals surface area contributed by atoms with Gasteiger partial charge in [-0.3, -0.25) is 9.69 Å². The Morgan fingerprint density at radius 1 is 1.31 bits per heavy atom.